The molecule has 2 amide bonds. The van der Waals surface area contributed by atoms with Crippen molar-refractivity contribution in [2.75, 3.05) is 24.7 Å². The highest BCUT2D eigenvalue weighted by molar-refractivity contribution is 7.88. The number of aromatic nitrogens is 1. The van der Waals surface area contributed by atoms with Crippen LogP contribution in [0.1, 0.15) is 18.4 Å². The van der Waals surface area contributed by atoms with Crippen LogP contribution in [0.4, 0.5) is 10.6 Å². The first-order chi connectivity index (χ1) is 9.86. The lowest BCUT2D eigenvalue weighted by Gasteiger charge is -2.30. The summed E-state index contributed by atoms with van der Waals surface area (Å²) < 4.78 is 24.3. The summed E-state index contributed by atoms with van der Waals surface area (Å²) in [6.45, 7) is 2.74. The molecule has 1 aromatic rings. The van der Waals surface area contributed by atoms with Crippen LogP contribution in [-0.4, -0.2) is 49.1 Å². The minimum atomic E-state index is -3.14. The molecule has 0 atom stereocenters. The predicted octanol–water partition coefficient (Wildman–Crippen LogP) is 0.936. The van der Waals surface area contributed by atoms with E-state index in [-0.39, 0.29) is 12.1 Å². The number of hydrogen-bond donors (Lipinski definition) is 2. The molecule has 2 rings (SSSR count). The lowest BCUT2D eigenvalue weighted by atomic mass is 10.1. The zero-order chi connectivity index (χ0) is 15.5. The number of carbonyl (C=O) groups is 1. The molecule has 2 N–H and O–H groups in total. The van der Waals surface area contributed by atoms with Gasteiger partial charge in [0.05, 0.1) is 6.26 Å². The van der Waals surface area contributed by atoms with Gasteiger partial charge in [0.2, 0.25) is 10.0 Å². The van der Waals surface area contributed by atoms with E-state index in [9.17, 15) is 13.2 Å². The van der Waals surface area contributed by atoms with Crippen molar-refractivity contribution in [1.82, 2.24) is 14.6 Å². The summed E-state index contributed by atoms with van der Waals surface area (Å²) in [5.41, 5.74) is 0.888. The molecule has 0 unspecified atom stereocenters. The molecule has 1 aliphatic heterocycles. The number of rotatable bonds is 3. The lowest BCUT2D eigenvalue weighted by molar-refractivity contribution is 0.238. The summed E-state index contributed by atoms with van der Waals surface area (Å²) >= 11 is 0. The number of nitrogens with one attached hydrogen (secondary N) is 2. The van der Waals surface area contributed by atoms with Gasteiger partial charge in [-0.1, -0.05) is 6.07 Å². The standard InChI is InChI=1S/C13H20N4O3S/c1-10-4-3-7-14-12(10)16-13(18)15-11-5-8-17(9-6-11)21(2,19)20/h3-4,7,11H,5-6,8-9H2,1-2H3,(H2,14,15,16,18). The molecule has 2 heterocycles. The fourth-order valence-corrected chi connectivity index (χ4v) is 3.15. The maximum Gasteiger partial charge on any atom is 0.320 e. The van der Waals surface area contributed by atoms with Crippen LogP contribution in [0, 0.1) is 6.92 Å². The van der Waals surface area contributed by atoms with Gasteiger partial charge < -0.3 is 5.32 Å². The van der Waals surface area contributed by atoms with Gasteiger partial charge in [-0.05, 0) is 31.4 Å². The van der Waals surface area contributed by atoms with Gasteiger partial charge in [-0.15, -0.1) is 0 Å². The second kappa shape index (κ2) is 6.40. The Labute approximate surface area is 124 Å². The molecule has 1 aromatic heterocycles. The second-order valence-corrected chi connectivity index (χ2v) is 7.19. The average molecular weight is 312 g/mol. The van der Waals surface area contributed by atoms with E-state index in [1.807, 2.05) is 13.0 Å². The molecular weight excluding hydrogens is 292 g/mol. The van der Waals surface area contributed by atoms with Gasteiger partial charge in [-0.25, -0.2) is 22.5 Å². The molecule has 116 valence electrons. The number of sulfonamides is 1. The Balaban J connectivity index is 1.84. The van der Waals surface area contributed by atoms with Crippen molar-refractivity contribution in [1.29, 1.82) is 0 Å². The maximum atomic E-state index is 11.9. The van der Waals surface area contributed by atoms with Crippen LogP contribution < -0.4 is 10.6 Å². The fourth-order valence-electron chi connectivity index (χ4n) is 2.28. The molecule has 8 heteroatoms. The molecule has 0 radical (unpaired) electrons. The number of nitrogens with zero attached hydrogens (tertiary/aromatic N) is 2. The van der Waals surface area contributed by atoms with Gasteiger partial charge in [-0.2, -0.15) is 0 Å². The number of anilines is 1. The third-order valence-corrected chi connectivity index (χ3v) is 4.80. The first kappa shape index (κ1) is 15.7. The number of amides is 2. The third-order valence-electron chi connectivity index (χ3n) is 3.50. The highest BCUT2D eigenvalue weighted by atomic mass is 32.2. The molecule has 0 saturated carbocycles. The Bertz CT molecular complexity index is 610. The Morgan fingerprint density at radius 2 is 2.05 bits per heavy atom. The second-order valence-electron chi connectivity index (χ2n) is 5.20. The number of urea groups is 1. The minimum absolute atomic E-state index is 0.0213. The van der Waals surface area contributed by atoms with Crippen molar-refractivity contribution >= 4 is 21.9 Å². The third kappa shape index (κ3) is 4.40. The molecule has 1 saturated heterocycles. The van der Waals surface area contributed by atoms with Crippen LogP contribution in [0.2, 0.25) is 0 Å². The molecule has 1 fully saturated rings. The van der Waals surface area contributed by atoms with Gasteiger partial charge in [0.25, 0.3) is 0 Å². The van der Waals surface area contributed by atoms with E-state index < -0.39 is 10.0 Å². The van der Waals surface area contributed by atoms with Crippen molar-refractivity contribution in [3.8, 4) is 0 Å². The van der Waals surface area contributed by atoms with Gasteiger partial charge in [0.1, 0.15) is 5.82 Å². The van der Waals surface area contributed by atoms with E-state index in [1.54, 1.807) is 12.3 Å². The van der Waals surface area contributed by atoms with Crippen molar-refractivity contribution in [2.45, 2.75) is 25.8 Å². The molecular formula is C13H20N4O3S. The molecule has 0 spiro atoms. The quantitative estimate of drug-likeness (QED) is 0.869. The summed E-state index contributed by atoms with van der Waals surface area (Å²) in [5.74, 6) is 0.531. The van der Waals surface area contributed by atoms with E-state index in [0.717, 1.165) is 5.56 Å². The van der Waals surface area contributed by atoms with Gasteiger partial charge in [-0.3, -0.25) is 5.32 Å². The van der Waals surface area contributed by atoms with Crippen molar-refractivity contribution in [3.63, 3.8) is 0 Å². The number of carbonyl (C=O) groups excluding carboxylic acids is 1. The fraction of sp³-hybridized carbons (Fsp3) is 0.538. The lowest BCUT2D eigenvalue weighted by Crippen LogP contribution is -2.47. The van der Waals surface area contributed by atoms with Gasteiger partial charge >= 0.3 is 6.03 Å². The van der Waals surface area contributed by atoms with E-state index in [2.05, 4.69) is 15.6 Å². The highest BCUT2D eigenvalue weighted by Gasteiger charge is 2.25. The molecule has 0 aliphatic carbocycles. The van der Waals surface area contributed by atoms with Crippen LogP contribution >= 0.6 is 0 Å². The van der Waals surface area contributed by atoms with Crippen LogP contribution in [0.15, 0.2) is 18.3 Å². The van der Waals surface area contributed by atoms with Crippen LogP contribution in [0.5, 0.6) is 0 Å². The average Bonchev–Trinajstić information content (AvgIpc) is 2.41. The first-order valence-corrected chi connectivity index (χ1v) is 8.65. The first-order valence-electron chi connectivity index (χ1n) is 6.80. The largest absolute Gasteiger partial charge is 0.335 e. The van der Waals surface area contributed by atoms with Gasteiger partial charge in [0, 0.05) is 25.3 Å². The predicted molar refractivity (Wildman–Crippen MR) is 80.6 cm³/mol. The van der Waals surface area contributed by atoms with E-state index in [0.29, 0.717) is 31.7 Å². The minimum Gasteiger partial charge on any atom is -0.335 e. The summed E-state index contributed by atoms with van der Waals surface area (Å²) in [6, 6.07) is 3.34. The molecule has 1 aliphatic rings. The number of piperidine rings is 1. The zero-order valence-corrected chi connectivity index (χ0v) is 13.0. The Morgan fingerprint density at radius 3 is 2.62 bits per heavy atom. The Morgan fingerprint density at radius 1 is 1.38 bits per heavy atom. The van der Waals surface area contributed by atoms with E-state index in [4.69, 9.17) is 0 Å². The summed E-state index contributed by atoms with van der Waals surface area (Å²) in [6.07, 6.45) is 4.05. The number of aryl methyl sites for hydroxylation is 1. The van der Waals surface area contributed by atoms with Crippen molar-refractivity contribution < 1.29 is 13.2 Å². The number of hydrogen-bond acceptors (Lipinski definition) is 4. The topological polar surface area (TPSA) is 91.4 Å². The number of pyridine rings is 1. The zero-order valence-electron chi connectivity index (χ0n) is 12.2. The SMILES string of the molecule is Cc1cccnc1NC(=O)NC1CCN(S(C)(=O)=O)CC1. The van der Waals surface area contributed by atoms with Crippen molar-refractivity contribution in [3.05, 3.63) is 23.9 Å². The van der Waals surface area contributed by atoms with Crippen molar-refractivity contribution in [2.24, 2.45) is 0 Å². The monoisotopic (exact) mass is 312 g/mol. The Kier molecular flexibility index (Phi) is 4.79. The molecule has 0 aromatic carbocycles. The summed E-state index contributed by atoms with van der Waals surface area (Å²) in [7, 11) is -3.14. The van der Waals surface area contributed by atoms with E-state index >= 15 is 0 Å². The molecule has 0 bridgehead atoms. The Hall–Kier alpha value is -1.67. The maximum absolute atomic E-state index is 11.9. The molecule has 21 heavy (non-hydrogen) atoms. The summed E-state index contributed by atoms with van der Waals surface area (Å²) in [5, 5.41) is 5.56. The summed E-state index contributed by atoms with van der Waals surface area (Å²) in [4.78, 5) is 16.0. The van der Waals surface area contributed by atoms with E-state index in [1.165, 1.54) is 10.6 Å². The molecule has 7 nitrogen and oxygen atoms in total. The normalized spacial score (nSPS) is 17.4. The van der Waals surface area contributed by atoms with Gasteiger partial charge in [0.15, 0.2) is 0 Å². The van der Waals surface area contributed by atoms with Crippen LogP contribution in [0.3, 0.4) is 0 Å². The van der Waals surface area contributed by atoms with Crippen LogP contribution in [-0.2, 0) is 10.0 Å². The highest BCUT2D eigenvalue weighted by Crippen LogP contribution is 2.14. The smallest absolute Gasteiger partial charge is 0.320 e. The van der Waals surface area contributed by atoms with Crippen LogP contribution in [0.25, 0.3) is 0 Å².